The first-order valence-corrected chi connectivity index (χ1v) is 11.4. The molecule has 0 unspecified atom stereocenters. The number of thioether (sulfide) groups is 1. The number of nitrogens with one attached hydrogen (secondary N) is 2. The molecule has 1 aliphatic heterocycles. The highest BCUT2D eigenvalue weighted by atomic mass is 32.2. The minimum absolute atomic E-state index is 0.155. The van der Waals surface area contributed by atoms with E-state index in [1.165, 1.54) is 31.5 Å². The lowest BCUT2D eigenvalue weighted by Gasteiger charge is -2.15. The van der Waals surface area contributed by atoms with E-state index in [0.29, 0.717) is 22.8 Å². The molecule has 1 heterocycles. The van der Waals surface area contributed by atoms with Gasteiger partial charge in [0.2, 0.25) is 0 Å². The van der Waals surface area contributed by atoms with Gasteiger partial charge in [-0.25, -0.2) is 4.79 Å². The average Bonchev–Trinajstić information content (AvgIpc) is 3.16. The molecule has 0 saturated carbocycles. The monoisotopic (exact) mass is 468 g/mol. The van der Waals surface area contributed by atoms with Gasteiger partial charge >= 0.3 is 5.97 Å². The Bertz CT molecular complexity index is 1050. The number of aryl methyl sites for hydroxylation is 1. The Morgan fingerprint density at radius 3 is 2.64 bits per heavy atom. The first-order chi connectivity index (χ1) is 16.0. The fourth-order valence-corrected chi connectivity index (χ4v) is 4.27. The van der Waals surface area contributed by atoms with Gasteiger partial charge in [-0.3, -0.25) is 4.79 Å². The third kappa shape index (κ3) is 6.32. The smallest absolute Gasteiger partial charge is 0.343 e. The highest BCUT2D eigenvalue weighted by Crippen LogP contribution is 2.36. The second-order valence-corrected chi connectivity index (χ2v) is 8.39. The van der Waals surface area contributed by atoms with E-state index in [4.69, 9.17) is 9.47 Å². The third-order valence-electron chi connectivity index (χ3n) is 4.99. The highest BCUT2D eigenvalue weighted by molar-refractivity contribution is 8.05. The van der Waals surface area contributed by atoms with E-state index in [1.54, 1.807) is 18.2 Å². The lowest BCUT2D eigenvalue weighted by atomic mass is 10.0. The van der Waals surface area contributed by atoms with Crippen molar-refractivity contribution in [2.75, 3.05) is 26.1 Å². The van der Waals surface area contributed by atoms with Crippen molar-refractivity contribution in [3.05, 3.63) is 70.6 Å². The van der Waals surface area contributed by atoms with Gasteiger partial charge in [0.05, 0.1) is 19.1 Å². The van der Waals surface area contributed by atoms with Crippen LogP contribution in [0.2, 0.25) is 0 Å². The Balaban J connectivity index is 1.80. The van der Waals surface area contributed by atoms with Crippen LogP contribution in [0.1, 0.15) is 23.6 Å². The maximum atomic E-state index is 12.6. The second-order valence-electron chi connectivity index (χ2n) is 7.24. The number of rotatable bonds is 10. The number of hydrogen-bond donors (Lipinski definition) is 2. The van der Waals surface area contributed by atoms with Crippen LogP contribution in [0, 0.1) is 0 Å². The Morgan fingerprint density at radius 2 is 2.00 bits per heavy atom. The molecule has 174 valence electrons. The van der Waals surface area contributed by atoms with Crippen molar-refractivity contribution in [3.63, 3.8) is 0 Å². The van der Waals surface area contributed by atoms with Crippen LogP contribution in [0.25, 0.3) is 6.08 Å². The van der Waals surface area contributed by atoms with Crippen molar-refractivity contribution in [2.45, 2.75) is 25.3 Å². The van der Waals surface area contributed by atoms with Crippen LogP contribution in [-0.2, 0) is 27.2 Å². The zero-order chi connectivity index (χ0) is 23.8. The van der Waals surface area contributed by atoms with Crippen molar-refractivity contribution in [2.24, 2.45) is 0 Å². The number of anilines is 1. The van der Waals surface area contributed by atoms with Gasteiger partial charge in [0.1, 0.15) is 0 Å². The summed E-state index contributed by atoms with van der Waals surface area (Å²) in [7, 11) is 2.82. The van der Waals surface area contributed by atoms with Crippen LogP contribution in [0.5, 0.6) is 11.5 Å². The number of amides is 1. The predicted octanol–water partition coefficient (Wildman–Crippen LogP) is 4.14. The summed E-state index contributed by atoms with van der Waals surface area (Å²) in [6.07, 6.45) is 5.02. The molecule has 3 rings (SSSR count). The summed E-state index contributed by atoms with van der Waals surface area (Å²) in [4.78, 5) is 24.6. The normalized spacial score (nSPS) is 16.3. The predicted molar refractivity (Wildman–Crippen MR) is 131 cm³/mol. The Hall–Kier alpha value is -3.39. The van der Waals surface area contributed by atoms with Gasteiger partial charge in [-0.15, -0.1) is 6.58 Å². The fourth-order valence-electron chi connectivity index (χ4n) is 3.28. The van der Waals surface area contributed by atoms with E-state index in [2.05, 4.69) is 41.0 Å². The molecule has 2 N–H and O–H groups in total. The zero-order valence-electron chi connectivity index (χ0n) is 19.0. The Morgan fingerprint density at radius 1 is 1.24 bits per heavy atom. The molecular formula is C25H28N2O5S. The zero-order valence-corrected chi connectivity index (χ0v) is 19.8. The van der Waals surface area contributed by atoms with Crippen molar-refractivity contribution in [3.8, 4) is 11.5 Å². The Kier molecular flexibility index (Phi) is 8.43. The largest absolute Gasteiger partial charge is 0.493 e. The molecule has 0 spiro atoms. The number of benzene rings is 2. The molecule has 2 aromatic rings. The SMILES string of the molecule is C=CCc1cc(/C=C2\S[C@H](Nc3ccc(CC)cc3)NC2=O)cc(OC)c1OCC(=O)OC. The summed E-state index contributed by atoms with van der Waals surface area (Å²) in [5, 5.41) is 6.26. The average molecular weight is 469 g/mol. The molecule has 1 fully saturated rings. The second kappa shape index (κ2) is 11.5. The van der Waals surface area contributed by atoms with E-state index in [1.807, 2.05) is 18.2 Å². The van der Waals surface area contributed by atoms with Gasteiger partial charge in [0.15, 0.2) is 23.6 Å². The molecular weight excluding hydrogens is 440 g/mol. The number of carbonyl (C=O) groups is 2. The van der Waals surface area contributed by atoms with Crippen LogP contribution in [0.15, 0.2) is 54.0 Å². The molecule has 1 aliphatic rings. The maximum absolute atomic E-state index is 12.6. The summed E-state index contributed by atoms with van der Waals surface area (Å²) in [6, 6.07) is 11.8. The number of esters is 1. The third-order valence-corrected chi connectivity index (χ3v) is 6.02. The van der Waals surface area contributed by atoms with Gasteiger partial charge in [0, 0.05) is 11.3 Å². The van der Waals surface area contributed by atoms with E-state index in [-0.39, 0.29) is 18.0 Å². The van der Waals surface area contributed by atoms with Crippen LogP contribution >= 0.6 is 11.8 Å². The van der Waals surface area contributed by atoms with Gasteiger partial charge in [-0.05, 0) is 54.3 Å². The van der Waals surface area contributed by atoms with Crippen LogP contribution in [0.4, 0.5) is 5.69 Å². The Labute approximate surface area is 198 Å². The van der Waals surface area contributed by atoms with Crippen molar-refractivity contribution in [1.29, 1.82) is 0 Å². The van der Waals surface area contributed by atoms with Crippen molar-refractivity contribution >= 4 is 35.4 Å². The van der Waals surface area contributed by atoms with Gasteiger partial charge < -0.3 is 24.8 Å². The molecule has 1 amide bonds. The molecule has 0 radical (unpaired) electrons. The van der Waals surface area contributed by atoms with Crippen LogP contribution in [0.3, 0.4) is 0 Å². The summed E-state index contributed by atoms with van der Waals surface area (Å²) in [6.45, 7) is 5.67. The summed E-state index contributed by atoms with van der Waals surface area (Å²) in [5.74, 6) is 0.260. The summed E-state index contributed by atoms with van der Waals surface area (Å²) >= 11 is 1.41. The minimum atomic E-state index is -0.491. The summed E-state index contributed by atoms with van der Waals surface area (Å²) < 4.78 is 15.8. The van der Waals surface area contributed by atoms with E-state index < -0.39 is 5.97 Å². The van der Waals surface area contributed by atoms with Crippen LogP contribution in [-0.4, -0.2) is 38.2 Å². The lowest BCUT2D eigenvalue weighted by molar-refractivity contribution is -0.142. The van der Waals surface area contributed by atoms with E-state index in [0.717, 1.165) is 23.2 Å². The van der Waals surface area contributed by atoms with Crippen LogP contribution < -0.4 is 20.1 Å². The van der Waals surface area contributed by atoms with Gasteiger partial charge in [-0.2, -0.15) is 0 Å². The first-order valence-electron chi connectivity index (χ1n) is 10.5. The van der Waals surface area contributed by atoms with Gasteiger partial charge in [0.25, 0.3) is 5.91 Å². The number of ether oxygens (including phenoxy) is 3. The number of methoxy groups -OCH3 is 2. The molecule has 1 saturated heterocycles. The number of allylic oxidation sites excluding steroid dienone is 1. The standard InChI is InChI=1S/C25H28N2O5S/c1-5-7-18-12-17(13-20(30-3)23(18)32-15-22(28)31-4)14-21-24(29)27-25(33-21)26-19-10-8-16(6-2)9-11-19/h5,8-14,25-26H,1,6-7,15H2,2-4H3,(H,27,29)/b21-14-/t25-/m1/s1. The van der Waals surface area contributed by atoms with Crippen molar-refractivity contribution < 1.29 is 23.8 Å². The highest BCUT2D eigenvalue weighted by Gasteiger charge is 2.27. The molecule has 1 atom stereocenters. The molecule has 0 aliphatic carbocycles. The van der Waals surface area contributed by atoms with E-state index >= 15 is 0 Å². The molecule has 0 aromatic heterocycles. The number of carbonyl (C=O) groups excluding carboxylic acids is 2. The molecule has 2 aromatic carbocycles. The topological polar surface area (TPSA) is 85.9 Å². The van der Waals surface area contributed by atoms with Crippen molar-refractivity contribution in [1.82, 2.24) is 5.32 Å². The number of hydrogen-bond acceptors (Lipinski definition) is 7. The molecule has 0 bridgehead atoms. The molecule has 33 heavy (non-hydrogen) atoms. The molecule has 7 nitrogen and oxygen atoms in total. The summed E-state index contributed by atoms with van der Waals surface area (Å²) in [5.41, 5.74) is 3.49. The van der Waals surface area contributed by atoms with E-state index in [9.17, 15) is 9.59 Å². The first kappa shape index (κ1) is 24.3. The molecule has 8 heteroatoms. The fraction of sp³-hybridized carbons (Fsp3) is 0.280. The lowest BCUT2D eigenvalue weighted by Crippen LogP contribution is -2.30. The maximum Gasteiger partial charge on any atom is 0.343 e. The van der Waals surface area contributed by atoms with Gasteiger partial charge in [-0.1, -0.05) is 36.9 Å². The quantitative estimate of drug-likeness (QED) is 0.308. The minimum Gasteiger partial charge on any atom is -0.493 e.